The molecule has 1 aliphatic carbocycles. The van der Waals surface area contributed by atoms with Crippen LogP contribution in [0.5, 0.6) is 0 Å². The summed E-state index contributed by atoms with van der Waals surface area (Å²) in [5.74, 6) is 0.188. The molecule has 1 aromatic carbocycles. The lowest BCUT2D eigenvalue weighted by Gasteiger charge is -2.19. The van der Waals surface area contributed by atoms with E-state index in [0.29, 0.717) is 6.42 Å². The van der Waals surface area contributed by atoms with Crippen molar-refractivity contribution in [3.63, 3.8) is 0 Å². The number of hydrazone groups is 1. The number of ketones is 1. The predicted molar refractivity (Wildman–Crippen MR) is 94.9 cm³/mol. The van der Waals surface area contributed by atoms with Gasteiger partial charge in [-0.1, -0.05) is 25.3 Å². The number of hydrogen-bond donors (Lipinski definition) is 2. The van der Waals surface area contributed by atoms with Crippen LogP contribution in [-0.4, -0.2) is 22.9 Å². The molecule has 3 rings (SSSR count). The van der Waals surface area contributed by atoms with Crippen molar-refractivity contribution in [3.8, 4) is 0 Å². The van der Waals surface area contributed by atoms with Gasteiger partial charge < -0.3 is 4.98 Å². The van der Waals surface area contributed by atoms with E-state index in [-0.39, 0.29) is 24.0 Å². The quantitative estimate of drug-likeness (QED) is 0.629. The first-order valence-corrected chi connectivity index (χ1v) is 8.64. The van der Waals surface area contributed by atoms with Crippen molar-refractivity contribution in [2.75, 3.05) is 0 Å². The van der Waals surface area contributed by atoms with Gasteiger partial charge in [-0.3, -0.25) is 9.59 Å². The number of rotatable bonds is 6. The van der Waals surface area contributed by atoms with Crippen molar-refractivity contribution in [1.82, 2.24) is 10.4 Å². The summed E-state index contributed by atoms with van der Waals surface area (Å²) in [5.41, 5.74) is 4.49. The molecule has 2 aromatic rings. The van der Waals surface area contributed by atoms with Crippen LogP contribution < -0.4 is 5.43 Å². The average molecular weight is 325 g/mol. The normalized spacial score (nSPS) is 15.8. The number of aromatic nitrogens is 1. The molecule has 0 saturated heterocycles. The average Bonchev–Trinajstić information content (AvgIpc) is 3.08. The van der Waals surface area contributed by atoms with E-state index in [4.69, 9.17) is 0 Å². The second-order valence-corrected chi connectivity index (χ2v) is 6.42. The Labute approximate surface area is 141 Å². The van der Waals surface area contributed by atoms with E-state index in [2.05, 4.69) is 15.5 Å². The molecule has 24 heavy (non-hydrogen) atoms. The third kappa shape index (κ3) is 4.31. The first-order valence-electron chi connectivity index (χ1n) is 8.64. The molecular formula is C19H23N3O2. The van der Waals surface area contributed by atoms with Crippen molar-refractivity contribution in [3.05, 3.63) is 36.0 Å². The minimum atomic E-state index is -0.210. The van der Waals surface area contributed by atoms with Crippen LogP contribution in [0.4, 0.5) is 0 Å². The number of amides is 1. The summed E-state index contributed by atoms with van der Waals surface area (Å²) in [6, 6.07) is 7.89. The molecule has 1 fully saturated rings. The smallest absolute Gasteiger partial charge is 0.240 e. The summed E-state index contributed by atoms with van der Waals surface area (Å²) in [5, 5.41) is 5.08. The number of hydrogen-bond acceptors (Lipinski definition) is 3. The zero-order chi connectivity index (χ0) is 16.8. The summed E-state index contributed by atoms with van der Waals surface area (Å²) in [7, 11) is 0. The Morgan fingerprint density at radius 3 is 2.83 bits per heavy atom. The number of fused-ring (bicyclic) bond motifs is 1. The zero-order valence-corrected chi connectivity index (χ0v) is 13.8. The molecule has 1 saturated carbocycles. The summed E-state index contributed by atoms with van der Waals surface area (Å²) < 4.78 is 0. The summed E-state index contributed by atoms with van der Waals surface area (Å²) in [6.45, 7) is 0. The van der Waals surface area contributed by atoms with Crippen molar-refractivity contribution in [2.45, 2.75) is 44.9 Å². The number of nitrogens with one attached hydrogen (secondary N) is 2. The number of carbonyl (C=O) groups excluding carboxylic acids is 2. The van der Waals surface area contributed by atoms with E-state index < -0.39 is 0 Å². The number of nitrogens with zero attached hydrogens (tertiary/aromatic N) is 1. The third-order valence-corrected chi connectivity index (χ3v) is 4.64. The highest BCUT2D eigenvalue weighted by atomic mass is 16.2. The molecule has 126 valence electrons. The molecule has 5 nitrogen and oxygen atoms in total. The maximum atomic E-state index is 12.1. The van der Waals surface area contributed by atoms with Crippen LogP contribution in [0.3, 0.4) is 0 Å². The van der Waals surface area contributed by atoms with Gasteiger partial charge in [0.2, 0.25) is 5.91 Å². The lowest BCUT2D eigenvalue weighted by atomic mass is 9.85. The second-order valence-electron chi connectivity index (χ2n) is 6.42. The Bertz CT molecular complexity index is 742. The summed E-state index contributed by atoms with van der Waals surface area (Å²) in [6.07, 6.45) is 9.51. The lowest BCUT2D eigenvalue weighted by molar-refractivity contribution is -0.127. The molecular weight excluding hydrogens is 302 g/mol. The fraction of sp³-hybridized carbons (Fsp3) is 0.421. The van der Waals surface area contributed by atoms with Gasteiger partial charge >= 0.3 is 0 Å². The molecule has 0 radical (unpaired) electrons. The Morgan fingerprint density at radius 1 is 1.17 bits per heavy atom. The Morgan fingerprint density at radius 2 is 2.00 bits per heavy atom. The maximum absolute atomic E-state index is 12.1. The van der Waals surface area contributed by atoms with Crippen LogP contribution in [0, 0.1) is 5.92 Å². The van der Waals surface area contributed by atoms with Gasteiger partial charge in [0, 0.05) is 30.5 Å². The van der Waals surface area contributed by atoms with Crippen molar-refractivity contribution in [1.29, 1.82) is 0 Å². The van der Waals surface area contributed by atoms with Crippen LogP contribution in [0.1, 0.15) is 50.5 Å². The van der Waals surface area contributed by atoms with Gasteiger partial charge in [0.15, 0.2) is 0 Å². The maximum Gasteiger partial charge on any atom is 0.240 e. The van der Waals surface area contributed by atoms with E-state index in [1.165, 1.54) is 6.42 Å². The lowest BCUT2D eigenvalue weighted by Crippen LogP contribution is -2.22. The fourth-order valence-corrected chi connectivity index (χ4v) is 3.25. The molecule has 2 N–H and O–H groups in total. The topological polar surface area (TPSA) is 74.3 Å². The van der Waals surface area contributed by atoms with Crippen LogP contribution in [0.15, 0.2) is 35.6 Å². The highest BCUT2D eigenvalue weighted by molar-refractivity contribution is 5.90. The monoisotopic (exact) mass is 325 g/mol. The first-order chi connectivity index (χ1) is 11.7. The van der Waals surface area contributed by atoms with Gasteiger partial charge in [0.05, 0.1) is 6.21 Å². The van der Waals surface area contributed by atoms with Crippen LogP contribution in [0.2, 0.25) is 0 Å². The number of Topliss-reactive ketones (excluding diaryl/α,β-unsaturated/α-hetero) is 1. The standard InChI is InChI=1S/C19H23N3O2/c23-18(15-4-2-1-3-5-15)8-9-19(24)22-21-13-14-6-7-17-16(12-14)10-11-20-17/h6-7,10-13,15,20H,1-5,8-9H2,(H,22,24)/b21-13+. The van der Waals surface area contributed by atoms with Gasteiger partial charge in [0.25, 0.3) is 0 Å². The predicted octanol–water partition coefficient (Wildman–Crippen LogP) is 3.55. The van der Waals surface area contributed by atoms with Crippen LogP contribution in [0.25, 0.3) is 10.9 Å². The number of H-pyrrole nitrogens is 1. The zero-order valence-electron chi connectivity index (χ0n) is 13.8. The SMILES string of the molecule is O=C(CCC(=O)C1CCCCC1)N/N=C/c1ccc2[nH]ccc2c1. The van der Waals surface area contributed by atoms with Gasteiger partial charge in [0.1, 0.15) is 5.78 Å². The number of aromatic amines is 1. The van der Waals surface area contributed by atoms with Crippen molar-refractivity contribution in [2.24, 2.45) is 11.0 Å². The third-order valence-electron chi connectivity index (χ3n) is 4.64. The Balaban J connectivity index is 1.43. The highest BCUT2D eigenvalue weighted by Crippen LogP contribution is 2.25. The van der Waals surface area contributed by atoms with E-state index in [9.17, 15) is 9.59 Å². The molecule has 1 heterocycles. The molecule has 0 atom stereocenters. The van der Waals surface area contributed by atoms with Gasteiger partial charge in [-0.2, -0.15) is 5.10 Å². The van der Waals surface area contributed by atoms with E-state index >= 15 is 0 Å². The first kappa shape index (κ1) is 16.4. The molecule has 1 aromatic heterocycles. The Kier molecular flexibility index (Phi) is 5.41. The van der Waals surface area contributed by atoms with E-state index in [1.54, 1.807) is 6.21 Å². The minimum Gasteiger partial charge on any atom is -0.361 e. The largest absolute Gasteiger partial charge is 0.361 e. The van der Waals surface area contributed by atoms with E-state index in [1.807, 2.05) is 30.5 Å². The number of carbonyl (C=O) groups is 2. The molecule has 0 bridgehead atoms. The van der Waals surface area contributed by atoms with Crippen molar-refractivity contribution < 1.29 is 9.59 Å². The molecule has 0 aliphatic heterocycles. The van der Waals surface area contributed by atoms with Gasteiger partial charge in [-0.25, -0.2) is 5.43 Å². The molecule has 0 unspecified atom stereocenters. The summed E-state index contributed by atoms with van der Waals surface area (Å²) >= 11 is 0. The van der Waals surface area contributed by atoms with Gasteiger partial charge in [-0.15, -0.1) is 0 Å². The molecule has 1 amide bonds. The summed E-state index contributed by atoms with van der Waals surface area (Å²) in [4.78, 5) is 27.0. The number of benzene rings is 1. The molecule has 5 heteroatoms. The Hall–Kier alpha value is -2.43. The van der Waals surface area contributed by atoms with E-state index in [0.717, 1.165) is 42.1 Å². The molecule has 1 aliphatic rings. The second kappa shape index (κ2) is 7.90. The highest BCUT2D eigenvalue weighted by Gasteiger charge is 2.21. The molecule has 0 spiro atoms. The van der Waals surface area contributed by atoms with Gasteiger partial charge in [-0.05, 0) is 42.0 Å². The minimum absolute atomic E-state index is 0.170. The van der Waals surface area contributed by atoms with Crippen LogP contribution in [-0.2, 0) is 9.59 Å². The van der Waals surface area contributed by atoms with Crippen LogP contribution >= 0.6 is 0 Å². The van der Waals surface area contributed by atoms with Crippen molar-refractivity contribution >= 4 is 28.8 Å². The fourth-order valence-electron chi connectivity index (χ4n) is 3.25.